The van der Waals surface area contributed by atoms with Crippen molar-refractivity contribution in [3.05, 3.63) is 34.3 Å². The molecule has 0 aliphatic heterocycles. The number of hydrogen-bond acceptors (Lipinski definition) is 2. The van der Waals surface area contributed by atoms with Gasteiger partial charge in [0, 0.05) is 24.2 Å². The third-order valence-electron chi connectivity index (χ3n) is 2.50. The molecule has 104 valence electrons. The molecule has 0 saturated carbocycles. The van der Waals surface area contributed by atoms with Gasteiger partial charge < -0.3 is 10.1 Å². The van der Waals surface area contributed by atoms with Gasteiger partial charge in [0.15, 0.2) is 0 Å². The number of ether oxygens (including phenoxy) is 1. The lowest BCUT2D eigenvalue weighted by Crippen LogP contribution is -2.16. The van der Waals surface area contributed by atoms with Crippen molar-refractivity contribution in [2.24, 2.45) is 0 Å². The van der Waals surface area contributed by atoms with Crippen LogP contribution in [-0.4, -0.2) is 19.8 Å². The fourth-order valence-electron chi connectivity index (χ4n) is 1.53. The predicted octanol–water partition coefficient (Wildman–Crippen LogP) is 4.17. The molecule has 0 amide bonds. The monoisotopic (exact) mass is 335 g/mol. The Kier molecular flexibility index (Phi) is 11.9. The van der Waals surface area contributed by atoms with Gasteiger partial charge in [-0.3, -0.25) is 0 Å². The maximum atomic E-state index is 5.50. The molecule has 1 aromatic carbocycles. The third kappa shape index (κ3) is 8.92. The third-order valence-corrected chi connectivity index (χ3v) is 3.00. The van der Waals surface area contributed by atoms with Gasteiger partial charge >= 0.3 is 0 Å². The SMILES string of the molecule is CCCCOCCCNCc1cccc(Br)c1.Cl. The molecule has 0 unspecified atom stereocenters. The van der Waals surface area contributed by atoms with Crippen LogP contribution in [0, 0.1) is 0 Å². The second-order valence-corrected chi connectivity index (χ2v) is 5.04. The average molecular weight is 337 g/mol. The number of halogens is 2. The Morgan fingerprint density at radius 1 is 1.22 bits per heavy atom. The normalized spacial score (nSPS) is 10.1. The summed E-state index contributed by atoms with van der Waals surface area (Å²) in [7, 11) is 0. The average Bonchev–Trinajstić information content (AvgIpc) is 2.33. The lowest BCUT2D eigenvalue weighted by Gasteiger charge is -2.06. The summed E-state index contributed by atoms with van der Waals surface area (Å²) in [5.41, 5.74) is 1.31. The summed E-state index contributed by atoms with van der Waals surface area (Å²) >= 11 is 3.47. The van der Waals surface area contributed by atoms with Gasteiger partial charge in [-0.2, -0.15) is 0 Å². The van der Waals surface area contributed by atoms with Crippen LogP contribution in [0.1, 0.15) is 31.7 Å². The highest BCUT2D eigenvalue weighted by molar-refractivity contribution is 9.10. The van der Waals surface area contributed by atoms with Gasteiger partial charge in [-0.1, -0.05) is 41.4 Å². The maximum Gasteiger partial charge on any atom is 0.0478 e. The molecule has 4 heteroatoms. The lowest BCUT2D eigenvalue weighted by molar-refractivity contribution is 0.129. The summed E-state index contributed by atoms with van der Waals surface area (Å²) in [5.74, 6) is 0. The first-order valence-electron chi connectivity index (χ1n) is 6.36. The fraction of sp³-hybridized carbons (Fsp3) is 0.571. The van der Waals surface area contributed by atoms with E-state index in [9.17, 15) is 0 Å². The van der Waals surface area contributed by atoms with Gasteiger partial charge in [0.2, 0.25) is 0 Å². The Hall–Kier alpha value is -0.0900. The summed E-state index contributed by atoms with van der Waals surface area (Å²) in [6, 6.07) is 8.39. The first-order chi connectivity index (χ1) is 8.33. The highest BCUT2D eigenvalue weighted by Crippen LogP contribution is 2.11. The zero-order valence-corrected chi connectivity index (χ0v) is 13.4. The molecule has 2 nitrogen and oxygen atoms in total. The van der Waals surface area contributed by atoms with E-state index in [-0.39, 0.29) is 12.4 Å². The fourth-order valence-corrected chi connectivity index (χ4v) is 1.97. The van der Waals surface area contributed by atoms with Gasteiger partial charge in [-0.15, -0.1) is 12.4 Å². The number of benzene rings is 1. The number of hydrogen-bond donors (Lipinski definition) is 1. The van der Waals surface area contributed by atoms with Gasteiger partial charge in [-0.25, -0.2) is 0 Å². The van der Waals surface area contributed by atoms with Gasteiger partial charge in [0.1, 0.15) is 0 Å². The highest BCUT2D eigenvalue weighted by atomic mass is 79.9. The molecule has 0 fully saturated rings. The summed E-state index contributed by atoms with van der Waals surface area (Å²) in [6.07, 6.45) is 3.46. The first-order valence-corrected chi connectivity index (χ1v) is 7.15. The molecule has 0 radical (unpaired) electrons. The minimum absolute atomic E-state index is 0. The number of nitrogens with one attached hydrogen (secondary N) is 1. The molecule has 0 heterocycles. The van der Waals surface area contributed by atoms with Crippen LogP contribution in [0.25, 0.3) is 0 Å². The van der Waals surface area contributed by atoms with E-state index >= 15 is 0 Å². The summed E-state index contributed by atoms with van der Waals surface area (Å²) in [6.45, 7) is 5.89. The molecule has 0 bridgehead atoms. The zero-order chi connectivity index (χ0) is 12.3. The maximum absolute atomic E-state index is 5.50. The largest absolute Gasteiger partial charge is 0.381 e. The second kappa shape index (κ2) is 12.0. The topological polar surface area (TPSA) is 21.3 Å². The van der Waals surface area contributed by atoms with Crippen LogP contribution in [0.5, 0.6) is 0 Å². The highest BCUT2D eigenvalue weighted by Gasteiger charge is 1.94. The second-order valence-electron chi connectivity index (χ2n) is 4.13. The smallest absolute Gasteiger partial charge is 0.0478 e. The number of unbranched alkanes of at least 4 members (excludes halogenated alkanes) is 1. The van der Waals surface area contributed by atoms with Crippen molar-refractivity contribution in [2.75, 3.05) is 19.8 Å². The van der Waals surface area contributed by atoms with E-state index in [2.05, 4.69) is 46.4 Å². The summed E-state index contributed by atoms with van der Waals surface area (Å²) in [4.78, 5) is 0. The van der Waals surface area contributed by atoms with Crippen LogP contribution in [0.4, 0.5) is 0 Å². The van der Waals surface area contributed by atoms with Crippen LogP contribution in [-0.2, 0) is 11.3 Å². The van der Waals surface area contributed by atoms with Crippen molar-refractivity contribution in [3.63, 3.8) is 0 Å². The van der Waals surface area contributed by atoms with Crippen molar-refractivity contribution < 1.29 is 4.74 Å². The van der Waals surface area contributed by atoms with Crippen molar-refractivity contribution in [2.45, 2.75) is 32.7 Å². The molecule has 1 aromatic rings. The minimum atomic E-state index is 0. The molecule has 0 atom stereocenters. The van der Waals surface area contributed by atoms with E-state index in [1.165, 1.54) is 18.4 Å². The van der Waals surface area contributed by atoms with Crippen molar-refractivity contribution in [1.82, 2.24) is 5.32 Å². The Morgan fingerprint density at radius 2 is 2.00 bits per heavy atom. The van der Waals surface area contributed by atoms with Crippen LogP contribution < -0.4 is 5.32 Å². The Morgan fingerprint density at radius 3 is 2.72 bits per heavy atom. The van der Waals surface area contributed by atoms with E-state index in [1.807, 2.05) is 6.07 Å². The van der Waals surface area contributed by atoms with Crippen LogP contribution in [0.3, 0.4) is 0 Å². The number of rotatable bonds is 9. The molecular formula is C14H23BrClNO. The summed E-state index contributed by atoms with van der Waals surface area (Å²) in [5, 5.41) is 3.42. The van der Waals surface area contributed by atoms with Crippen LogP contribution in [0.15, 0.2) is 28.7 Å². The lowest BCUT2D eigenvalue weighted by atomic mass is 10.2. The molecule has 0 aromatic heterocycles. The molecule has 1 rings (SSSR count). The van der Waals surface area contributed by atoms with Crippen LogP contribution >= 0.6 is 28.3 Å². The van der Waals surface area contributed by atoms with Gasteiger partial charge in [-0.05, 0) is 37.1 Å². The van der Waals surface area contributed by atoms with Gasteiger partial charge in [0.05, 0.1) is 0 Å². The molecule has 18 heavy (non-hydrogen) atoms. The standard InChI is InChI=1S/C14H22BrNO.ClH/c1-2-3-9-17-10-5-8-16-12-13-6-4-7-14(15)11-13;/h4,6-7,11,16H,2-3,5,8-10,12H2,1H3;1H. The van der Waals surface area contributed by atoms with E-state index < -0.39 is 0 Å². The Labute approximate surface area is 125 Å². The van der Waals surface area contributed by atoms with E-state index in [0.717, 1.165) is 37.2 Å². The molecule has 0 aliphatic rings. The van der Waals surface area contributed by atoms with Crippen molar-refractivity contribution in [1.29, 1.82) is 0 Å². The molecule has 0 spiro atoms. The quantitative estimate of drug-likeness (QED) is 0.683. The first kappa shape index (κ1) is 17.9. The predicted molar refractivity (Wildman–Crippen MR) is 83.4 cm³/mol. The molecule has 0 saturated heterocycles. The van der Waals surface area contributed by atoms with Crippen molar-refractivity contribution in [3.8, 4) is 0 Å². The minimum Gasteiger partial charge on any atom is -0.381 e. The van der Waals surface area contributed by atoms with Crippen molar-refractivity contribution >= 4 is 28.3 Å². The van der Waals surface area contributed by atoms with Crippen LogP contribution in [0.2, 0.25) is 0 Å². The Bertz CT molecular complexity index is 310. The molecule has 0 aliphatic carbocycles. The van der Waals surface area contributed by atoms with E-state index in [4.69, 9.17) is 4.74 Å². The van der Waals surface area contributed by atoms with Gasteiger partial charge in [0.25, 0.3) is 0 Å². The zero-order valence-electron chi connectivity index (χ0n) is 11.0. The Balaban J connectivity index is 0.00000289. The van der Waals surface area contributed by atoms with E-state index in [1.54, 1.807) is 0 Å². The molecular weight excluding hydrogens is 314 g/mol. The summed E-state index contributed by atoms with van der Waals surface area (Å²) < 4.78 is 6.64. The van der Waals surface area contributed by atoms with E-state index in [0.29, 0.717) is 0 Å². The molecule has 1 N–H and O–H groups in total.